The van der Waals surface area contributed by atoms with Gasteiger partial charge in [0.1, 0.15) is 10.4 Å². The third-order valence-corrected chi connectivity index (χ3v) is 3.81. The number of likely N-dealkylation sites (tertiary alicyclic amines) is 1. The van der Waals surface area contributed by atoms with Crippen LogP contribution in [0, 0.1) is 0 Å². The highest BCUT2D eigenvalue weighted by atomic mass is 79.9. The molecule has 18 heavy (non-hydrogen) atoms. The molecule has 1 saturated heterocycles. The zero-order chi connectivity index (χ0) is 12.7. The lowest BCUT2D eigenvalue weighted by molar-refractivity contribution is 0.138. The number of nitrogens with zero attached hydrogens (tertiary/aromatic N) is 4. The highest BCUT2D eigenvalue weighted by Crippen LogP contribution is 2.33. The topological polar surface area (TPSA) is 70.7 Å². The molecule has 3 rings (SSSR count). The predicted molar refractivity (Wildman–Crippen MR) is 67.4 cm³/mol. The Morgan fingerprint density at radius 1 is 1.56 bits per heavy atom. The highest BCUT2D eigenvalue weighted by Gasteiger charge is 2.33. The zero-order valence-corrected chi connectivity index (χ0v) is 11.0. The number of hydrogen-bond acceptors (Lipinski definition) is 3. The zero-order valence-electron chi connectivity index (χ0n) is 9.45. The Labute approximate surface area is 111 Å². The van der Waals surface area contributed by atoms with Gasteiger partial charge in [0.15, 0.2) is 0 Å². The van der Waals surface area contributed by atoms with Gasteiger partial charge in [-0.15, -0.1) is 0 Å². The highest BCUT2D eigenvalue weighted by molar-refractivity contribution is 9.10. The van der Waals surface area contributed by atoms with Crippen LogP contribution in [0.15, 0.2) is 23.2 Å². The van der Waals surface area contributed by atoms with Crippen molar-refractivity contribution >= 4 is 27.5 Å². The third kappa shape index (κ3) is 1.66. The van der Waals surface area contributed by atoms with Crippen LogP contribution in [0.1, 0.15) is 24.7 Å². The molecular formula is C11H11BrN4O2. The Morgan fingerprint density at radius 2 is 2.39 bits per heavy atom. The second kappa shape index (κ2) is 4.24. The third-order valence-electron chi connectivity index (χ3n) is 3.23. The van der Waals surface area contributed by atoms with Crippen molar-refractivity contribution in [1.29, 1.82) is 0 Å². The summed E-state index contributed by atoms with van der Waals surface area (Å²) in [4.78, 5) is 21.1. The summed E-state index contributed by atoms with van der Waals surface area (Å²) >= 11 is 3.38. The van der Waals surface area contributed by atoms with Crippen LogP contribution in [0.2, 0.25) is 0 Å². The van der Waals surface area contributed by atoms with Gasteiger partial charge < -0.3 is 5.11 Å². The van der Waals surface area contributed by atoms with E-state index in [0.717, 1.165) is 24.2 Å². The molecular weight excluding hydrogens is 300 g/mol. The second-order valence-corrected chi connectivity index (χ2v) is 4.98. The number of hydrogen-bond donors (Lipinski definition) is 1. The van der Waals surface area contributed by atoms with Crippen LogP contribution in [0.4, 0.5) is 4.79 Å². The van der Waals surface area contributed by atoms with Gasteiger partial charge in [-0.3, -0.25) is 14.3 Å². The van der Waals surface area contributed by atoms with Gasteiger partial charge in [0.05, 0.1) is 17.8 Å². The van der Waals surface area contributed by atoms with Gasteiger partial charge in [-0.25, -0.2) is 9.78 Å². The lowest BCUT2D eigenvalue weighted by atomic mass is 10.2. The molecule has 1 amide bonds. The summed E-state index contributed by atoms with van der Waals surface area (Å²) in [7, 11) is 0. The van der Waals surface area contributed by atoms with Gasteiger partial charge in [0, 0.05) is 18.9 Å². The van der Waals surface area contributed by atoms with E-state index in [1.165, 1.54) is 4.90 Å². The molecule has 0 bridgehead atoms. The Balaban J connectivity index is 2.12. The minimum Gasteiger partial charge on any atom is -0.465 e. The smallest absolute Gasteiger partial charge is 0.407 e. The van der Waals surface area contributed by atoms with E-state index in [9.17, 15) is 9.90 Å². The molecule has 2 aromatic rings. The number of amides is 1. The maximum atomic E-state index is 11.2. The van der Waals surface area contributed by atoms with E-state index in [0.29, 0.717) is 11.1 Å². The molecule has 0 radical (unpaired) electrons. The molecule has 94 valence electrons. The number of aromatic nitrogens is 3. The van der Waals surface area contributed by atoms with Crippen LogP contribution in [-0.2, 0) is 0 Å². The van der Waals surface area contributed by atoms with Crippen molar-refractivity contribution in [3.8, 4) is 0 Å². The van der Waals surface area contributed by atoms with Crippen LogP contribution >= 0.6 is 15.9 Å². The van der Waals surface area contributed by atoms with Crippen molar-refractivity contribution in [3.63, 3.8) is 0 Å². The van der Waals surface area contributed by atoms with Crippen molar-refractivity contribution in [2.45, 2.75) is 18.9 Å². The molecule has 1 aliphatic heterocycles. The molecule has 0 aliphatic carbocycles. The molecule has 0 aromatic carbocycles. The van der Waals surface area contributed by atoms with Crippen LogP contribution in [0.5, 0.6) is 0 Å². The molecule has 6 nitrogen and oxygen atoms in total. The SMILES string of the molecule is O=C(O)N1CCCC1c1nc(Br)c2cnccn12. The second-order valence-electron chi connectivity index (χ2n) is 4.23. The summed E-state index contributed by atoms with van der Waals surface area (Å²) < 4.78 is 2.59. The molecule has 7 heteroatoms. The molecule has 1 unspecified atom stereocenters. The van der Waals surface area contributed by atoms with Crippen molar-refractivity contribution < 1.29 is 9.90 Å². The normalized spacial score (nSPS) is 19.6. The first kappa shape index (κ1) is 11.5. The van der Waals surface area contributed by atoms with E-state index in [4.69, 9.17) is 0 Å². The van der Waals surface area contributed by atoms with Crippen molar-refractivity contribution in [3.05, 3.63) is 29.0 Å². The molecule has 1 atom stereocenters. The standard InChI is InChI=1S/C11H11BrN4O2/c12-9-8-6-13-3-5-15(8)10(14-9)7-2-1-4-16(7)11(17)18/h3,5-7H,1-2,4H2,(H,17,18). The Hall–Kier alpha value is -1.63. The first-order chi connectivity index (χ1) is 8.68. The first-order valence-electron chi connectivity index (χ1n) is 5.65. The molecule has 1 aliphatic rings. The minimum atomic E-state index is -0.889. The fraction of sp³-hybridized carbons (Fsp3) is 0.364. The van der Waals surface area contributed by atoms with Crippen molar-refractivity contribution in [2.24, 2.45) is 0 Å². The van der Waals surface area contributed by atoms with Crippen molar-refractivity contribution in [1.82, 2.24) is 19.3 Å². The lowest BCUT2D eigenvalue weighted by Crippen LogP contribution is -2.29. The van der Waals surface area contributed by atoms with E-state index in [-0.39, 0.29) is 6.04 Å². The molecule has 2 aromatic heterocycles. The number of rotatable bonds is 1. The van der Waals surface area contributed by atoms with Crippen LogP contribution in [0.3, 0.4) is 0 Å². The summed E-state index contributed by atoms with van der Waals surface area (Å²) in [6, 6.07) is -0.177. The fourth-order valence-corrected chi connectivity index (χ4v) is 2.90. The summed E-state index contributed by atoms with van der Waals surface area (Å²) in [6.45, 7) is 0.567. The van der Waals surface area contributed by atoms with Crippen LogP contribution in [0.25, 0.3) is 5.52 Å². The predicted octanol–water partition coefficient (Wildman–Crippen LogP) is 2.31. The Bertz CT molecular complexity index is 612. The maximum absolute atomic E-state index is 11.2. The van der Waals surface area contributed by atoms with Gasteiger partial charge in [0.25, 0.3) is 0 Å². The molecule has 1 N–H and O–H groups in total. The number of carboxylic acid groups (broad SMARTS) is 1. The summed E-state index contributed by atoms with van der Waals surface area (Å²) in [5, 5.41) is 9.19. The average molecular weight is 311 g/mol. The van der Waals surface area contributed by atoms with Crippen LogP contribution in [-0.4, -0.2) is 37.0 Å². The van der Waals surface area contributed by atoms with E-state index < -0.39 is 6.09 Å². The quantitative estimate of drug-likeness (QED) is 0.877. The fourth-order valence-electron chi connectivity index (χ4n) is 2.42. The summed E-state index contributed by atoms with van der Waals surface area (Å²) in [6.07, 6.45) is 5.97. The van der Waals surface area contributed by atoms with E-state index in [2.05, 4.69) is 25.9 Å². The Kier molecular flexibility index (Phi) is 2.70. The lowest BCUT2D eigenvalue weighted by Gasteiger charge is -2.20. The number of halogens is 1. The van der Waals surface area contributed by atoms with Gasteiger partial charge in [-0.05, 0) is 28.8 Å². The molecule has 3 heterocycles. The summed E-state index contributed by atoms with van der Waals surface area (Å²) in [5.41, 5.74) is 0.852. The summed E-state index contributed by atoms with van der Waals surface area (Å²) in [5.74, 6) is 0.749. The minimum absolute atomic E-state index is 0.177. The van der Waals surface area contributed by atoms with E-state index in [1.807, 2.05) is 4.40 Å². The number of fused-ring (bicyclic) bond motifs is 1. The van der Waals surface area contributed by atoms with E-state index >= 15 is 0 Å². The molecule has 0 saturated carbocycles. The number of carbonyl (C=O) groups is 1. The molecule has 0 spiro atoms. The first-order valence-corrected chi connectivity index (χ1v) is 6.45. The van der Waals surface area contributed by atoms with Gasteiger partial charge >= 0.3 is 6.09 Å². The maximum Gasteiger partial charge on any atom is 0.407 e. The monoisotopic (exact) mass is 310 g/mol. The van der Waals surface area contributed by atoms with Gasteiger partial charge in [-0.1, -0.05) is 0 Å². The number of imidazole rings is 1. The van der Waals surface area contributed by atoms with Crippen LogP contribution < -0.4 is 0 Å². The van der Waals surface area contributed by atoms with Gasteiger partial charge in [-0.2, -0.15) is 0 Å². The van der Waals surface area contributed by atoms with Gasteiger partial charge in [0.2, 0.25) is 0 Å². The largest absolute Gasteiger partial charge is 0.465 e. The van der Waals surface area contributed by atoms with E-state index in [1.54, 1.807) is 18.6 Å². The molecule has 1 fully saturated rings. The Morgan fingerprint density at radius 3 is 3.17 bits per heavy atom. The average Bonchev–Trinajstić information content (AvgIpc) is 2.95. The van der Waals surface area contributed by atoms with Crippen molar-refractivity contribution in [2.75, 3.05) is 6.54 Å².